The molecule has 1 aromatic rings. The van der Waals surface area contributed by atoms with Crippen LogP contribution >= 0.6 is 11.3 Å². The summed E-state index contributed by atoms with van der Waals surface area (Å²) in [6, 6.07) is 2.36. The van der Waals surface area contributed by atoms with Crippen LogP contribution in [0.15, 0.2) is 29.5 Å². The first-order chi connectivity index (χ1) is 5.33. The first kappa shape index (κ1) is 8.50. The molecule has 0 aliphatic carbocycles. The summed E-state index contributed by atoms with van der Waals surface area (Å²) < 4.78 is 0. The number of hydrogen-bond acceptors (Lipinski definition) is 2. The van der Waals surface area contributed by atoms with Gasteiger partial charge in [-0.2, -0.15) is 11.3 Å². The molecule has 1 aromatic heterocycles. The van der Waals surface area contributed by atoms with Crippen molar-refractivity contribution in [2.24, 2.45) is 5.73 Å². The third-order valence-electron chi connectivity index (χ3n) is 1.55. The maximum atomic E-state index is 5.81. The second kappa shape index (κ2) is 4.31. The Hall–Kier alpha value is -0.600. The zero-order valence-electron chi connectivity index (χ0n) is 6.49. The Balaban J connectivity index is 2.37. The Kier molecular flexibility index (Phi) is 3.33. The fraction of sp³-hybridized carbons (Fsp3) is 0.333. The van der Waals surface area contributed by atoms with E-state index < -0.39 is 0 Å². The predicted molar refractivity (Wildman–Crippen MR) is 50.8 cm³/mol. The van der Waals surface area contributed by atoms with Crippen LogP contribution in [0.1, 0.15) is 12.0 Å². The molecule has 0 aromatic carbocycles. The molecule has 0 spiro atoms. The second-order valence-corrected chi connectivity index (χ2v) is 3.40. The van der Waals surface area contributed by atoms with Crippen LogP contribution in [0.3, 0.4) is 0 Å². The van der Waals surface area contributed by atoms with E-state index >= 15 is 0 Å². The number of thiophene rings is 1. The number of hydrogen-bond donors (Lipinski definition) is 1. The van der Waals surface area contributed by atoms with Gasteiger partial charge in [-0.05, 0) is 35.2 Å². The van der Waals surface area contributed by atoms with Crippen LogP contribution in [0.2, 0.25) is 0 Å². The summed E-state index contributed by atoms with van der Waals surface area (Å²) in [7, 11) is 0. The van der Waals surface area contributed by atoms with Crippen LogP contribution < -0.4 is 5.73 Å². The first-order valence-electron chi connectivity index (χ1n) is 3.70. The molecule has 2 heteroatoms. The van der Waals surface area contributed by atoms with E-state index in [1.165, 1.54) is 5.56 Å². The van der Waals surface area contributed by atoms with Gasteiger partial charge in [-0.15, -0.1) is 6.58 Å². The largest absolute Gasteiger partial charge is 0.327 e. The molecular formula is C9H13NS. The van der Waals surface area contributed by atoms with Crippen LogP contribution in [0.25, 0.3) is 0 Å². The van der Waals surface area contributed by atoms with Crippen molar-refractivity contribution in [2.75, 3.05) is 0 Å². The second-order valence-electron chi connectivity index (χ2n) is 2.62. The monoisotopic (exact) mass is 167 g/mol. The van der Waals surface area contributed by atoms with Crippen molar-refractivity contribution in [3.8, 4) is 0 Å². The van der Waals surface area contributed by atoms with Crippen molar-refractivity contribution in [1.29, 1.82) is 0 Å². The molecule has 0 bridgehead atoms. The lowest BCUT2D eigenvalue weighted by Crippen LogP contribution is -2.21. The van der Waals surface area contributed by atoms with Crippen molar-refractivity contribution < 1.29 is 0 Å². The highest BCUT2D eigenvalue weighted by atomic mass is 32.1. The minimum Gasteiger partial charge on any atom is -0.327 e. The minimum atomic E-state index is 0.238. The Morgan fingerprint density at radius 1 is 1.73 bits per heavy atom. The smallest absolute Gasteiger partial charge is 0.0114 e. The zero-order valence-corrected chi connectivity index (χ0v) is 7.31. The Bertz CT molecular complexity index is 203. The number of nitrogens with two attached hydrogens (primary N) is 1. The van der Waals surface area contributed by atoms with Crippen molar-refractivity contribution in [1.82, 2.24) is 0 Å². The quantitative estimate of drug-likeness (QED) is 0.683. The summed E-state index contributed by atoms with van der Waals surface area (Å²) in [5, 5.41) is 4.22. The van der Waals surface area contributed by atoms with E-state index in [4.69, 9.17) is 5.73 Å². The number of rotatable bonds is 4. The van der Waals surface area contributed by atoms with Gasteiger partial charge >= 0.3 is 0 Å². The van der Waals surface area contributed by atoms with Gasteiger partial charge in [-0.1, -0.05) is 6.08 Å². The van der Waals surface area contributed by atoms with Gasteiger partial charge in [0.15, 0.2) is 0 Å². The molecule has 11 heavy (non-hydrogen) atoms. The molecular weight excluding hydrogens is 154 g/mol. The normalized spacial score (nSPS) is 12.8. The summed E-state index contributed by atoms with van der Waals surface area (Å²) in [4.78, 5) is 0. The van der Waals surface area contributed by atoms with Crippen molar-refractivity contribution in [3.63, 3.8) is 0 Å². The molecule has 0 aliphatic heterocycles. The van der Waals surface area contributed by atoms with Gasteiger partial charge in [0.2, 0.25) is 0 Å². The molecule has 0 saturated heterocycles. The van der Waals surface area contributed by atoms with Gasteiger partial charge in [-0.25, -0.2) is 0 Å². The third kappa shape index (κ3) is 2.87. The van der Waals surface area contributed by atoms with Gasteiger partial charge in [0.05, 0.1) is 0 Å². The Morgan fingerprint density at radius 3 is 3.09 bits per heavy atom. The highest BCUT2D eigenvalue weighted by molar-refractivity contribution is 7.07. The molecule has 0 fully saturated rings. The van der Waals surface area contributed by atoms with Gasteiger partial charge in [0, 0.05) is 6.04 Å². The van der Waals surface area contributed by atoms with E-state index in [1.807, 2.05) is 6.08 Å². The SMILES string of the molecule is C=CCC(N)Cc1ccsc1. The summed E-state index contributed by atoms with van der Waals surface area (Å²) in [5.74, 6) is 0. The summed E-state index contributed by atoms with van der Waals surface area (Å²) in [5.41, 5.74) is 7.15. The lowest BCUT2D eigenvalue weighted by Gasteiger charge is -2.05. The summed E-state index contributed by atoms with van der Waals surface area (Å²) in [6.45, 7) is 3.65. The molecule has 2 N–H and O–H groups in total. The van der Waals surface area contributed by atoms with Crippen LogP contribution in [0, 0.1) is 0 Å². The van der Waals surface area contributed by atoms with E-state index in [0.29, 0.717) is 0 Å². The Morgan fingerprint density at radius 2 is 2.55 bits per heavy atom. The topological polar surface area (TPSA) is 26.0 Å². The molecule has 0 aliphatic rings. The average molecular weight is 167 g/mol. The maximum Gasteiger partial charge on any atom is 0.0114 e. The van der Waals surface area contributed by atoms with E-state index in [-0.39, 0.29) is 6.04 Å². The van der Waals surface area contributed by atoms with Gasteiger partial charge < -0.3 is 5.73 Å². The predicted octanol–water partition coefficient (Wildman–Crippen LogP) is 2.19. The molecule has 1 unspecified atom stereocenters. The van der Waals surface area contributed by atoms with E-state index in [9.17, 15) is 0 Å². The highest BCUT2D eigenvalue weighted by Gasteiger charge is 2.00. The fourth-order valence-corrected chi connectivity index (χ4v) is 1.69. The van der Waals surface area contributed by atoms with Gasteiger partial charge in [-0.3, -0.25) is 0 Å². The minimum absolute atomic E-state index is 0.238. The van der Waals surface area contributed by atoms with Crippen molar-refractivity contribution in [2.45, 2.75) is 18.9 Å². The fourth-order valence-electron chi connectivity index (χ4n) is 1.01. The summed E-state index contributed by atoms with van der Waals surface area (Å²) in [6.07, 6.45) is 3.74. The lowest BCUT2D eigenvalue weighted by atomic mass is 10.1. The van der Waals surface area contributed by atoms with Crippen LogP contribution in [-0.4, -0.2) is 6.04 Å². The first-order valence-corrected chi connectivity index (χ1v) is 4.64. The van der Waals surface area contributed by atoms with Crippen molar-refractivity contribution in [3.05, 3.63) is 35.0 Å². The zero-order chi connectivity index (χ0) is 8.10. The van der Waals surface area contributed by atoms with E-state index in [2.05, 4.69) is 23.4 Å². The highest BCUT2D eigenvalue weighted by Crippen LogP contribution is 2.08. The average Bonchev–Trinajstić information content (AvgIpc) is 2.40. The lowest BCUT2D eigenvalue weighted by molar-refractivity contribution is 0.681. The molecule has 60 valence electrons. The maximum absolute atomic E-state index is 5.81. The molecule has 1 atom stereocenters. The summed E-state index contributed by atoms with van der Waals surface area (Å²) >= 11 is 1.72. The third-order valence-corrected chi connectivity index (χ3v) is 2.28. The Labute approximate surface area is 71.5 Å². The molecule has 0 amide bonds. The molecule has 0 radical (unpaired) electrons. The van der Waals surface area contributed by atoms with Gasteiger partial charge in [0.1, 0.15) is 0 Å². The van der Waals surface area contributed by atoms with E-state index in [0.717, 1.165) is 12.8 Å². The standard InChI is InChI=1S/C9H13NS/c1-2-3-9(10)6-8-4-5-11-7-8/h2,4-5,7,9H,1,3,6,10H2. The van der Waals surface area contributed by atoms with Crippen LogP contribution in [-0.2, 0) is 6.42 Å². The molecule has 1 rings (SSSR count). The van der Waals surface area contributed by atoms with Gasteiger partial charge in [0.25, 0.3) is 0 Å². The van der Waals surface area contributed by atoms with E-state index in [1.54, 1.807) is 11.3 Å². The molecule has 1 nitrogen and oxygen atoms in total. The van der Waals surface area contributed by atoms with Crippen LogP contribution in [0.5, 0.6) is 0 Å². The molecule has 1 heterocycles. The van der Waals surface area contributed by atoms with Crippen molar-refractivity contribution >= 4 is 11.3 Å². The van der Waals surface area contributed by atoms with Crippen LogP contribution in [0.4, 0.5) is 0 Å². The molecule has 0 saturated carbocycles.